The number of halogens is 3. The maximum atomic E-state index is 13.6. The van der Waals surface area contributed by atoms with Crippen LogP contribution < -0.4 is 15.0 Å². The number of ether oxygens (including phenoxy) is 1. The first kappa shape index (κ1) is 19.4. The maximum absolute atomic E-state index is 13.6. The Morgan fingerprint density at radius 2 is 1.97 bits per heavy atom. The predicted molar refractivity (Wildman–Crippen MR) is 104 cm³/mol. The molecule has 4 rings (SSSR count). The van der Waals surface area contributed by atoms with Crippen LogP contribution in [0.5, 0.6) is 5.75 Å². The van der Waals surface area contributed by atoms with Crippen LogP contribution >= 0.6 is 12.2 Å². The van der Waals surface area contributed by atoms with Crippen LogP contribution in [-0.4, -0.2) is 15.8 Å². The van der Waals surface area contributed by atoms with E-state index in [4.69, 9.17) is 17.0 Å². The number of thiocarbonyl (C=S) groups is 1. The van der Waals surface area contributed by atoms with Gasteiger partial charge in [-0.05, 0) is 37.3 Å². The second-order valence-electron chi connectivity index (χ2n) is 7.20. The van der Waals surface area contributed by atoms with Crippen LogP contribution in [0, 0.1) is 16.0 Å². The molecule has 1 fully saturated rings. The van der Waals surface area contributed by atoms with E-state index in [0.29, 0.717) is 11.3 Å². The van der Waals surface area contributed by atoms with Gasteiger partial charge in [0.15, 0.2) is 10.8 Å². The molecule has 6 nitrogen and oxygen atoms in total. The smallest absolute Gasteiger partial charge is 0.418 e. The fourth-order valence-corrected chi connectivity index (χ4v) is 4.39. The van der Waals surface area contributed by atoms with Gasteiger partial charge in [0.25, 0.3) is 5.69 Å². The number of fused-ring (bicyclic) bond motifs is 4. The molecule has 29 heavy (non-hydrogen) atoms. The molecule has 0 aliphatic carbocycles. The monoisotopic (exact) mass is 423 g/mol. The Hall–Kier alpha value is -2.88. The molecule has 0 spiro atoms. The van der Waals surface area contributed by atoms with Gasteiger partial charge in [-0.15, -0.1) is 0 Å². The SMILES string of the molecule is C[C@@H]1[C@@H]2NC(=S)N(c3ccccc3C(F)(F)F)[C@@]1(C)Oc1ccc([N+](=O)[O-])cc12. The first-order chi connectivity index (χ1) is 13.5. The van der Waals surface area contributed by atoms with Crippen molar-refractivity contribution in [3.63, 3.8) is 0 Å². The zero-order valence-corrected chi connectivity index (χ0v) is 16.2. The van der Waals surface area contributed by atoms with Crippen molar-refractivity contribution in [3.05, 3.63) is 63.7 Å². The van der Waals surface area contributed by atoms with Crippen LogP contribution in [0.4, 0.5) is 24.5 Å². The number of benzene rings is 2. The van der Waals surface area contributed by atoms with E-state index in [1.807, 2.05) is 6.92 Å². The van der Waals surface area contributed by atoms with E-state index in [0.717, 1.165) is 6.07 Å². The van der Waals surface area contributed by atoms with Crippen LogP contribution in [0.25, 0.3) is 0 Å². The van der Waals surface area contributed by atoms with Crippen molar-refractivity contribution in [3.8, 4) is 5.75 Å². The predicted octanol–water partition coefficient (Wildman–Crippen LogP) is 4.79. The minimum absolute atomic E-state index is 0.0597. The average Bonchev–Trinajstić information content (AvgIpc) is 2.63. The van der Waals surface area contributed by atoms with Crippen LogP contribution in [-0.2, 0) is 6.18 Å². The first-order valence-electron chi connectivity index (χ1n) is 8.78. The Labute approximate surface area is 169 Å². The summed E-state index contributed by atoms with van der Waals surface area (Å²) in [5.41, 5.74) is -1.71. The van der Waals surface area contributed by atoms with Crippen LogP contribution in [0.1, 0.15) is 31.0 Å². The summed E-state index contributed by atoms with van der Waals surface area (Å²) in [6.07, 6.45) is -4.57. The highest BCUT2D eigenvalue weighted by molar-refractivity contribution is 7.80. The molecular weight excluding hydrogens is 407 g/mol. The number of alkyl halides is 3. The van der Waals surface area contributed by atoms with Gasteiger partial charge in [-0.25, -0.2) is 0 Å². The summed E-state index contributed by atoms with van der Waals surface area (Å²) in [4.78, 5) is 12.0. The lowest BCUT2D eigenvalue weighted by Crippen LogP contribution is -2.69. The average molecular weight is 423 g/mol. The Bertz CT molecular complexity index is 1030. The lowest BCUT2D eigenvalue weighted by molar-refractivity contribution is -0.385. The summed E-state index contributed by atoms with van der Waals surface area (Å²) in [7, 11) is 0. The molecule has 2 aromatic carbocycles. The number of rotatable bonds is 2. The highest BCUT2D eigenvalue weighted by Crippen LogP contribution is 2.51. The molecule has 2 aliphatic heterocycles. The summed E-state index contributed by atoms with van der Waals surface area (Å²) in [6, 6.07) is 8.91. The standard InChI is InChI=1S/C19H16F3N3O3S/c1-10-16-12-9-11(25(26)27)7-8-15(12)28-18(10,2)24(17(29)23-16)14-6-4-3-5-13(14)19(20,21)22/h3-10,16H,1-2H3,(H,23,29)/t10-,16+,18+/m1/s1. The molecular formula is C19H16F3N3O3S. The van der Waals surface area contributed by atoms with Gasteiger partial charge in [0.2, 0.25) is 0 Å². The summed E-state index contributed by atoms with van der Waals surface area (Å²) >= 11 is 5.42. The number of hydrogen-bond acceptors (Lipinski definition) is 4. The van der Waals surface area contributed by atoms with Gasteiger partial charge < -0.3 is 10.1 Å². The lowest BCUT2D eigenvalue weighted by atomic mass is 9.80. The second-order valence-corrected chi connectivity index (χ2v) is 7.59. The first-order valence-corrected chi connectivity index (χ1v) is 9.19. The van der Waals surface area contributed by atoms with E-state index in [2.05, 4.69) is 5.32 Å². The number of nitrogens with zero attached hydrogens (tertiary/aromatic N) is 2. The van der Waals surface area contributed by atoms with E-state index in [9.17, 15) is 23.3 Å². The number of anilines is 1. The molecule has 2 aromatic rings. The quantitative estimate of drug-likeness (QED) is 0.425. The molecule has 1 N–H and O–H groups in total. The van der Waals surface area contributed by atoms with E-state index < -0.39 is 28.4 Å². The van der Waals surface area contributed by atoms with Crippen molar-refractivity contribution < 1.29 is 22.8 Å². The summed E-state index contributed by atoms with van der Waals surface area (Å²) in [5, 5.41) is 14.3. The van der Waals surface area contributed by atoms with Crippen molar-refractivity contribution in [2.45, 2.75) is 31.8 Å². The largest absolute Gasteiger partial charge is 0.467 e. The topological polar surface area (TPSA) is 67.6 Å². The molecule has 152 valence electrons. The Kier molecular flexibility index (Phi) is 4.23. The van der Waals surface area contributed by atoms with E-state index in [1.54, 1.807) is 6.92 Å². The summed E-state index contributed by atoms with van der Waals surface area (Å²) < 4.78 is 47.1. The molecule has 1 saturated heterocycles. The number of nitro groups is 1. The number of non-ortho nitro benzene ring substituents is 1. The highest BCUT2D eigenvalue weighted by Gasteiger charge is 2.55. The minimum Gasteiger partial charge on any atom is -0.467 e. The second kappa shape index (κ2) is 6.31. The molecule has 2 bridgehead atoms. The molecule has 0 amide bonds. The lowest BCUT2D eigenvalue weighted by Gasteiger charge is -2.56. The third kappa shape index (κ3) is 2.89. The number of nitrogens with one attached hydrogen (secondary N) is 1. The fraction of sp³-hybridized carbons (Fsp3) is 0.316. The third-order valence-corrected chi connectivity index (χ3v) is 5.88. The third-order valence-electron chi connectivity index (χ3n) is 5.58. The molecule has 10 heteroatoms. The van der Waals surface area contributed by atoms with E-state index in [1.165, 1.54) is 41.3 Å². The number of para-hydroxylation sites is 1. The fourth-order valence-electron chi connectivity index (χ4n) is 3.99. The Balaban J connectivity index is 1.87. The van der Waals surface area contributed by atoms with Crippen molar-refractivity contribution in [2.24, 2.45) is 5.92 Å². The maximum Gasteiger partial charge on any atom is 0.418 e. The van der Waals surface area contributed by atoms with Gasteiger partial charge in [0, 0.05) is 23.6 Å². The summed E-state index contributed by atoms with van der Waals surface area (Å²) in [6.45, 7) is 3.49. The molecule has 2 aliphatic rings. The van der Waals surface area contributed by atoms with Crippen LogP contribution in [0.15, 0.2) is 42.5 Å². The van der Waals surface area contributed by atoms with Crippen molar-refractivity contribution >= 4 is 28.7 Å². The molecule has 2 heterocycles. The van der Waals surface area contributed by atoms with Gasteiger partial charge >= 0.3 is 6.18 Å². The van der Waals surface area contributed by atoms with Gasteiger partial charge in [-0.1, -0.05) is 19.1 Å². The molecule has 0 saturated carbocycles. The number of hydrogen-bond donors (Lipinski definition) is 1. The van der Waals surface area contributed by atoms with Crippen molar-refractivity contribution in [1.82, 2.24) is 5.32 Å². The molecule has 3 atom stereocenters. The van der Waals surface area contributed by atoms with Crippen LogP contribution in [0.2, 0.25) is 0 Å². The minimum atomic E-state index is -4.57. The molecule has 0 radical (unpaired) electrons. The highest BCUT2D eigenvalue weighted by atomic mass is 32.1. The molecule has 0 unspecified atom stereocenters. The summed E-state index contributed by atoms with van der Waals surface area (Å²) in [5.74, 6) is -0.00400. The van der Waals surface area contributed by atoms with E-state index >= 15 is 0 Å². The zero-order valence-electron chi connectivity index (χ0n) is 15.4. The van der Waals surface area contributed by atoms with Gasteiger partial charge in [0.05, 0.1) is 22.2 Å². The van der Waals surface area contributed by atoms with Crippen molar-refractivity contribution in [2.75, 3.05) is 4.90 Å². The Morgan fingerprint density at radius 3 is 2.62 bits per heavy atom. The van der Waals surface area contributed by atoms with Crippen molar-refractivity contribution in [1.29, 1.82) is 0 Å². The van der Waals surface area contributed by atoms with Crippen LogP contribution in [0.3, 0.4) is 0 Å². The zero-order chi connectivity index (χ0) is 21.1. The van der Waals surface area contributed by atoms with E-state index in [-0.39, 0.29) is 22.4 Å². The van der Waals surface area contributed by atoms with Gasteiger partial charge in [-0.2, -0.15) is 13.2 Å². The van der Waals surface area contributed by atoms with Gasteiger partial charge in [-0.3, -0.25) is 15.0 Å². The molecule has 0 aromatic heterocycles. The normalized spacial score (nSPS) is 25.7. The number of nitro benzene ring substituents is 1. The Morgan fingerprint density at radius 1 is 1.28 bits per heavy atom. The van der Waals surface area contributed by atoms with Gasteiger partial charge in [0.1, 0.15) is 5.75 Å².